The van der Waals surface area contributed by atoms with Crippen molar-refractivity contribution in [3.63, 3.8) is 0 Å². The van der Waals surface area contributed by atoms with Gasteiger partial charge in [0.15, 0.2) is 23.3 Å². The Morgan fingerprint density at radius 2 is 1.78 bits per heavy atom. The Morgan fingerprint density at radius 1 is 1.16 bits per heavy atom. The van der Waals surface area contributed by atoms with Crippen LogP contribution in [0.15, 0.2) is 12.1 Å². The molecule has 0 bridgehead atoms. The number of hydrogen-bond donors (Lipinski definition) is 1. The maximum absolute atomic E-state index is 13.4. The minimum Gasteiger partial charge on any atom is -0.490 e. The van der Waals surface area contributed by atoms with Crippen LogP contribution in [0, 0.1) is 24.4 Å². The predicted octanol–water partition coefficient (Wildman–Crippen LogP) is 3.80. The number of likely N-dealkylation sites (N-methyl/N-ethyl adjacent to an activating group) is 1. The maximum Gasteiger partial charge on any atom is 0.249 e. The van der Waals surface area contributed by atoms with E-state index >= 15 is 0 Å². The topological polar surface area (TPSA) is 70.6 Å². The first-order valence-electron chi connectivity index (χ1n) is 10.6. The van der Waals surface area contributed by atoms with Gasteiger partial charge in [-0.2, -0.15) is 4.98 Å². The Hall–Kier alpha value is -3.04. The summed E-state index contributed by atoms with van der Waals surface area (Å²) in [6.07, 6.45) is 0.888. The first-order chi connectivity index (χ1) is 15.1. The lowest BCUT2D eigenvalue weighted by Crippen LogP contribution is -2.54. The number of fused-ring (bicyclic) bond motifs is 1. The summed E-state index contributed by atoms with van der Waals surface area (Å²) in [7, 11) is 1.84. The molecule has 1 aromatic carbocycles. The number of anilines is 3. The molecule has 1 N–H and O–H groups in total. The van der Waals surface area contributed by atoms with E-state index in [1.54, 1.807) is 4.90 Å². The third-order valence-corrected chi connectivity index (χ3v) is 6.00. The molecule has 10 heteroatoms. The summed E-state index contributed by atoms with van der Waals surface area (Å²) in [6, 6.07) is 1.33. The number of nitrogens with zero attached hydrogens (tertiary/aromatic N) is 4. The first-order valence-corrected chi connectivity index (χ1v) is 10.6. The van der Waals surface area contributed by atoms with E-state index in [2.05, 4.69) is 15.3 Å². The third-order valence-electron chi connectivity index (χ3n) is 6.00. The molecular weight excluding hydrogens is 423 g/mol. The van der Waals surface area contributed by atoms with Gasteiger partial charge in [0.2, 0.25) is 11.9 Å². The van der Waals surface area contributed by atoms with Crippen molar-refractivity contribution in [1.29, 1.82) is 0 Å². The van der Waals surface area contributed by atoms with E-state index in [-0.39, 0.29) is 35.9 Å². The van der Waals surface area contributed by atoms with Crippen molar-refractivity contribution in [1.82, 2.24) is 9.97 Å². The van der Waals surface area contributed by atoms with Gasteiger partial charge in [-0.05, 0) is 27.7 Å². The predicted molar refractivity (Wildman–Crippen MR) is 115 cm³/mol. The molecule has 0 spiro atoms. The van der Waals surface area contributed by atoms with Crippen molar-refractivity contribution >= 4 is 23.4 Å². The zero-order chi connectivity index (χ0) is 23.3. The van der Waals surface area contributed by atoms with E-state index in [9.17, 15) is 18.0 Å². The maximum atomic E-state index is 13.4. The number of hydrogen-bond acceptors (Lipinski definition) is 6. The second-order valence-corrected chi connectivity index (χ2v) is 8.65. The molecule has 0 unspecified atom stereocenters. The third kappa shape index (κ3) is 3.82. The second-order valence-electron chi connectivity index (χ2n) is 8.65. The highest BCUT2D eigenvalue weighted by Gasteiger charge is 2.38. The van der Waals surface area contributed by atoms with Gasteiger partial charge in [0.25, 0.3) is 0 Å². The smallest absolute Gasteiger partial charge is 0.249 e. The molecule has 1 aliphatic carbocycles. The van der Waals surface area contributed by atoms with Gasteiger partial charge in [0.05, 0.1) is 5.69 Å². The summed E-state index contributed by atoms with van der Waals surface area (Å²) < 4.78 is 45.4. The van der Waals surface area contributed by atoms with Gasteiger partial charge < -0.3 is 19.9 Å². The molecular formula is C22H26F3N5O2. The number of nitrogens with one attached hydrogen (secondary N) is 1. The Kier molecular flexibility index (Phi) is 5.64. The van der Waals surface area contributed by atoms with Crippen molar-refractivity contribution in [3.05, 3.63) is 35.3 Å². The average Bonchev–Trinajstić information content (AvgIpc) is 2.69. The van der Waals surface area contributed by atoms with Crippen LogP contribution in [0.2, 0.25) is 0 Å². The monoisotopic (exact) mass is 449 g/mol. The van der Waals surface area contributed by atoms with Crippen molar-refractivity contribution in [2.45, 2.75) is 64.8 Å². The molecule has 1 saturated carbocycles. The minimum atomic E-state index is -1.51. The van der Waals surface area contributed by atoms with Crippen molar-refractivity contribution in [2.75, 3.05) is 22.2 Å². The number of carbonyl (C=O) groups excluding carboxylic acids is 1. The van der Waals surface area contributed by atoms with Crippen LogP contribution in [0.4, 0.5) is 30.6 Å². The van der Waals surface area contributed by atoms with Crippen LogP contribution in [-0.4, -0.2) is 47.2 Å². The number of rotatable bonds is 5. The summed E-state index contributed by atoms with van der Waals surface area (Å²) in [5.41, 5.74) is 1.41. The summed E-state index contributed by atoms with van der Waals surface area (Å²) in [4.78, 5) is 25.6. The van der Waals surface area contributed by atoms with E-state index in [1.807, 2.05) is 39.6 Å². The van der Waals surface area contributed by atoms with Gasteiger partial charge in [-0.1, -0.05) is 0 Å². The van der Waals surface area contributed by atoms with E-state index in [0.717, 1.165) is 12.1 Å². The number of aromatic nitrogens is 2. The zero-order valence-corrected chi connectivity index (χ0v) is 18.6. The van der Waals surface area contributed by atoms with Gasteiger partial charge in [0.1, 0.15) is 23.6 Å². The van der Waals surface area contributed by atoms with Crippen LogP contribution >= 0.6 is 0 Å². The standard InChI is InChI=1S/C22H26F3N5O2/c1-10(2)30-19-11(3)26-22(28-20(19)29(5)12(4)21(30)31)27-13-6-14(7-13)32-15-8-16(23)18(25)17(24)9-15/h8-10,12-14H,6-7H2,1-5H3,(H,26,27,28)/t12-,13-,14-/m0/s1. The molecule has 32 heavy (non-hydrogen) atoms. The minimum absolute atomic E-state index is 0.00931. The highest BCUT2D eigenvalue weighted by atomic mass is 19.2. The van der Waals surface area contributed by atoms with Gasteiger partial charge in [-0.3, -0.25) is 4.79 Å². The molecule has 4 rings (SSSR count). The van der Waals surface area contributed by atoms with E-state index in [4.69, 9.17) is 4.74 Å². The molecule has 0 radical (unpaired) electrons. The van der Waals surface area contributed by atoms with Gasteiger partial charge in [0, 0.05) is 44.1 Å². The van der Waals surface area contributed by atoms with Crippen molar-refractivity contribution < 1.29 is 22.7 Å². The molecule has 1 amide bonds. The fraction of sp³-hybridized carbons (Fsp3) is 0.500. The molecule has 1 fully saturated rings. The quantitative estimate of drug-likeness (QED) is 0.701. The average molecular weight is 449 g/mol. The van der Waals surface area contributed by atoms with Crippen LogP contribution in [0.25, 0.3) is 0 Å². The van der Waals surface area contributed by atoms with E-state index < -0.39 is 17.5 Å². The van der Waals surface area contributed by atoms with Crippen molar-refractivity contribution in [3.8, 4) is 5.75 Å². The van der Waals surface area contributed by atoms with Crippen LogP contribution in [0.3, 0.4) is 0 Å². The lowest BCUT2D eigenvalue weighted by atomic mass is 9.89. The summed E-state index contributed by atoms with van der Waals surface area (Å²) >= 11 is 0. The molecule has 2 heterocycles. The Balaban J connectivity index is 1.46. The largest absolute Gasteiger partial charge is 0.490 e. The number of aryl methyl sites for hydroxylation is 1. The normalized spacial score (nSPS) is 22.7. The Labute approximate surface area is 184 Å². The number of amides is 1. The fourth-order valence-electron chi connectivity index (χ4n) is 4.07. The summed E-state index contributed by atoms with van der Waals surface area (Å²) in [6.45, 7) is 7.61. The molecule has 172 valence electrons. The van der Waals surface area contributed by atoms with Crippen LogP contribution < -0.4 is 19.9 Å². The van der Waals surface area contributed by atoms with Gasteiger partial charge in [-0.15, -0.1) is 0 Å². The Morgan fingerprint density at radius 3 is 2.38 bits per heavy atom. The molecule has 1 aromatic heterocycles. The highest BCUT2D eigenvalue weighted by Crippen LogP contribution is 2.38. The number of halogens is 3. The lowest BCUT2D eigenvalue weighted by Gasteiger charge is -2.41. The molecule has 0 saturated heterocycles. The molecule has 2 aromatic rings. The Bertz CT molecular complexity index is 1040. The van der Waals surface area contributed by atoms with E-state index in [0.29, 0.717) is 36.0 Å². The second kappa shape index (κ2) is 8.14. The number of carbonyl (C=O) groups is 1. The molecule has 1 atom stereocenters. The first kappa shape index (κ1) is 22.2. The van der Waals surface area contributed by atoms with Gasteiger partial charge in [-0.25, -0.2) is 18.2 Å². The fourth-order valence-corrected chi connectivity index (χ4v) is 4.07. The molecule has 1 aliphatic heterocycles. The number of benzene rings is 1. The van der Waals surface area contributed by atoms with Gasteiger partial charge >= 0.3 is 0 Å². The molecule has 7 nitrogen and oxygen atoms in total. The van der Waals surface area contributed by atoms with Crippen LogP contribution in [0.5, 0.6) is 5.75 Å². The number of ether oxygens (including phenoxy) is 1. The van der Waals surface area contributed by atoms with E-state index in [1.165, 1.54) is 0 Å². The lowest BCUT2D eigenvalue weighted by molar-refractivity contribution is -0.120. The molecule has 2 aliphatic rings. The summed E-state index contributed by atoms with van der Waals surface area (Å²) in [5.74, 6) is -2.97. The van der Waals surface area contributed by atoms with Crippen molar-refractivity contribution in [2.24, 2.45) is 0 Å². The van der Waals surface area contributed by atoms with Crippen LogP contribution in [0.1, 0.15) is 39.3 Å². The zero-order valence-electron chi connectivity index (χ0n) is 18.6. The summed E-state index contributed by atoms with van der Waals surface area (Å²) in [5, 5.41) is 3.27. The SMILES string of the molecule is Cc1nc(N[C@H]2C[C@H](Oc3cc(F)c(F)c(F)c3)C2)nc2c1N(C(C)C)C(=O)[C@H](C)N2C. The van der Waals surface area contributed by atoms with Crippen LogP contribution in [-0.2, 0) is 4.79 Å². The highest BCUT2D eigenvalue weighted by molar-refractivity contribution is 6.05.